The van der Waals surface area contributed by atoms with Gasteiger partial charge in [0.2, 0.25) is 0 Å². The number of unbranched alkanes of at least 4 members (excludes halogenated alkanes) is 54. The van der Waals surface area contributed by atoms with Gasteiger partial charge < -0.3 is 33.8 Å². The lowest BCUT2D eigenvalue weighted by Gasteiger charge is -2.21. The fourth-order valence-electron chi connectivity index (χ4n) is 13.2. The molecule has 5 atom stereocenters. The fourth-order valence-corrected chi connectivity index (χ4v) is 14.8. The van der Waals surface area contributed by atoms with Crippen LogP contribution in [0.15, 0.2) is 0 Å². The molecule has 0 heterocycles. The molecule has 19 heteroatoms. The Bertz CT molecular complexity index is 1990. The number of aliphatic hydroxyl groups is 1. The molecule has 0 fully saturated rings. The molecule has 0 saturated heterocycles. The van der Waals surface area contributed by atoms with Gasteiger partial charge in [-0.15, -0.1) is 0 Å². The Labute approximate surface area is 638 Å². The molecule has 0 saturated carbocycles. The minimum absolute atomic E-state index is 0.108. The van der Waals surface area contributed by atoms with Crippen LogP contribution < -0.4 is 0 Å². The maximum Gasteiger partial charge on any atom is 0.472 e. The van der Waals surface area contributed by atoms with Gasteiger partial charge in [-0.2, -0.15) is 0 Å². The molecule has 618 valence electrons. The van der Waals surface area contributed by atoms with Crippen molar-refractivity contribution in [2.45, 2.75) is 471 Å². The topological polar surface area (TPSA) is 237 Å². The highest BCUT2D eigenvalue weighted by atomic mass is 31.2. The lowest BCUT2D eigenvalue weighted by atomic mass is 10.0. The van der Waals surface area contributed by atoms with Crippen molar-refractivity contribution in [3.8, 4) is 0 Å². The van der Waals surface area contributed by atoms with E-state index < -0.39 is 97.5 Å². The SMILES string of the molecule is CCCCCCCCCCCCCCCCCCCCCC(=O)O[C@H](COC(=O)CCCCCCCCCCCCCCCCC(C)C)COP(=O)(O)OC[C@@H](O)COP(=O)(O)OC[C@@H](COC(=O)CCCCCCCCCCC(C)C)OC(=O)CCCCCCCCCCCCCCCCCCC. The zero-order valence-corrected chi connectivity index (χ0v) is 70.1. The van der Waals surface area contributed by atoms with Gasteiger partial charge in [0, 0.05) is 25.7 Å². The summed E-state index contributed by atoms with van der Waals surface area (Å²) in [5.41, 5.74) is 0. The minimum Gasteiger partial charge on any atom is -0.462 e. The molecule has 0 bridgehead atoms. The normalized spacial score (nSPS) is 13.8. The van der Waals surface area contributed by atoms with Gasteiger partial charge in [-0.05, 0) is 37.5 Å². The smallest absolute Gasteiger partial charge is 0.462 e. The van der Waals surface area contributed by atoms with E-state index in [0.717, 1.165) is 102 Å². The monoisotopic (exact) mass is 1520 g/mol. The Morgan fingerprint density at radius 1 is 0.260 bits per heavy atom. The summed E-state index contributed by atoms with van der Waals surface area (Å²) in [4.78, 5) is 73.2. The van der Waals surface area contributed by atoms with Crippen molar-refractivity contribution in [1.82, 2.24) is 0 Å². The van der Waals surface area contributed by atoms with E-state index in [1.54, 1.807) is 0 Å². The molecule has 17 nitrogen and oxygen atoms in total. The van der Waals surface area contributed by atoms with Gasteiger partial charge in [-0.1, -0.05) is 401 Å². The molecule has 0 aromatic carbocycles. The summed E-state index contributed by atoms with van der Waals surface area (Å²) >= 11 is 0. The van der Waals surface area contributed by atoms with Crippen LogP contribution in [0.4, 0.5) is 0 Å². The number of carbonyl (C=O) groups is 4. The number of hydrogen-bond donors (Lipinski definition) is 3. The highest BCUT2D eigenvalue weighted by Crippen LogP contribution is 2.45. The van der Waals surface area contributed by atoms with Crippen LogP contribution in [-0.4, -0.2) is 96.7 Å². The van der Waals surface area contributed by atoms with Crippen LogP contribution >= 0.6 is 15.6 Å². The summed E-state index contributed by atoms with van der Waals surface area (Å²) < 4.78 is 68.9. The second-order valence-corrected chi connectivity index (χ2v) is 34.4. The quantitative estimate of drug-likeness (QED) is 0.0222. The molecular formula is C85H166O17P2. The lowest BCUT2D eigenvalue weighted by Crippen LogP contribution is -2.30. The van der Waals surface area contributed by atoms with Gasteiger partial charge in [-0.3, -0.25) is 37.3 Å². The van der Waals surface area contributed by atoms with E-state index in [4.69, 9.17) is 37.0 Å². The van der Waals surface area contributed by atoms with Crippen LogP contribution in [0.3, 0.4) is 0 Å². The van der Waals surface area contributed by atoms with Crippen molar-refractivity contribution in [3.05, 3.63) is 0 Å². The summed E-state index contributed by atoms with van der Waals surface area (Å²) in [7, 11) is -9.93. The summed E-state index contributed by atoms with van der Waals surface area (Å²) in [5, 5.41) is 10.7. The number of phosphoric acid groups is 2. The standard InChI is InChI=1S/C85H166O17P2/c1-7-9-11-13-15-17-19-21-23-25-26-28-30-36-40-44-52-58-64-69-84(89)101-80(73-95-82(87)67-61-55-49-42-38-34-32-31-33-37-41-47-53-59-65-77(3)4)75-99-103(91,92)97-71-79(86)72-98-104(93,94)100-76-81(74-96-83(88)68-62-56-50-46-45-48-54-60-66-78(5)6)102-85(90)70-63-57-51-43-39-35-29-27-24-22-20-18-16-14-12-10-8-2/h77-81,86H,7-76H2,1-6H3,(H,91,92)(H,93,94)/t79-,80-,81-/m1/s1. The minimum atomic E-state index is -4.96. The first-order chi connectivity index (χ1) is 50.4. The van der Waals surface area contributed by atoms with Crippen molar-refractivity contribution < 1.29 is 80.2 Å². The molecule has 0 aliphatic heterocycles. The first-order valence-corrected chi connectivity index (χ1v) is 47.0. The molecule has 0 aliphatic carbocycles. The van der Waals surface area contributed by atoms with Crippen LogP contribution in [0.5, 0.6) is 0 Å². The molecule has 0 aromatic rings. The molecule has 0 aromatic heterocycles. The summed E-state index contributed by atoms with van der Waals surface area (Å²) in [6.07, 6.45) is 68.0. The Hall–Kier alpha value is -1.94. The molecule has 104 heavy (non-hydrogen) atoms. The van der Waals surface area contributed by atoms with E-state index in [9.17, 15) is 43.2 Å². The number of carbonyl (C=O) groups excluding carboxylic acids is 4. The van der Waals surface area contributed by atoms with Gasteiger partial charge in [0.05, 0.1) is 26.4 Å². The third-order valence-corrected chi connectivity index (χ3v) is 21.9. The molecule has 0 aliphatic rings. The summed E-state index contributed by atoms with van der Waals surface area (Å²) in [6.45, 7) is 9.66. The average molecular weight is 1520 g/mol. The fraction of sp³-hybridized carbons (Fsp3) is 0.953. The molecule has 0 spiro atoms. The van der Waals surface area contributed by atoms with E-state index in [-0.39, 0.29) is 25.7 Å². The maximum atomic E-state index is 13.1. The van der Waals surface area contributed by atoms with Crippen LogP contribution in [0.2, 0.25) is 0 Å². The molecule has 2 unspecified atom stereocenters. The van der Waals surface area contributed by atoms with Crippen LogP contribution in [0, 0.1) is 11.8 Å². The van der Waals surface area contributed by atoms with Crippen LogP contribution in [0.25, 0.3) is 0 Å². The van der Waals surface area contributed by atoms with Crippen LogP contribution in [-0.2, 0) is 65.4 Å². The Balaban J connectivity index is 5.25. The Morgan fingerprint density at radius 2 is 0.442 bits per heavy atom. The first-order valence-electron chi connectivity index (χ1n) is 44.0. The first kappa shape index (κ1) is 102. The number of aliphatic hydroxyl groups excluding tert-OH is 1. The van der Waals surface area contributed by atoms with E-state index >= 15 is 0 Å². The predicted molar refractivity (Wildman–Crippen MR) is 428 cm³/mol. The molecule has 3 N–H and O–H groups in total. The highest BCUT2D eigenvalue weighted by molar-refractivity contribution is 7.47. The van der Waals surface area contributed by atoms with Gasteiger partial charge in [0.15, 0.2) is 12.2 Å². The lowest BCUT2D eigenvalue weighted by molar-refractivity contribution is -0.161. The van der Waals surface area contributed by atoms with Gasteiger partial charge in [0.25, 0.3) is 0 Å². The summed E-state index contributed by atoms with van der Waals surface area (Å²) in [6, 6.07) is 0. The molecule has 0 radical (unpaired) electrons. The van der Waals surface area contributed by atoms with E-state index in [2.05, 4.69) is 41.5 Å². The van der Waals surface area contributed by atoms with E-state index in [0.29, 0.717) is 25.7 Å². The van der Waals surface area contributed by atoms with Crippen molar-refractivity contribution in [2.75, 3.05) is 39.6 Å². The van der Waals surface area contributed by atoms with Crippen molar-refractivity contribution in [2.24, 2.45) is 11.8 Å². The third-order valence-electron chi connectivity index (χ3n) is 20.0. The Morgan fingerprint density at radius 3 is 0.654 bits per heavy atom. The van der Waals surface area contributed by atoms with Gasteiger partial charge >= 0.3 is 39.5 Å². The second kappa shape index (κ2) is 76.4. The molecule has 0 amide bonds. The largest absolute Gasteiger partial charge is 0.472 e. The number of esters is 4. The number of rotatable bonds is 84. The highest BCUT2D eigenvalue weighted by Gasteiger charge is 2.30. The maximum absolute atomic E-state index is 13.1. The third kappa shape index (κ3) is 78.2. The molecule has 0 rings (SSSR count). The van der Waals surface area contributed by atoms with Crippen molar-refractivity contribution >= 4 is 39.5 Å². The zero-order chi connectivity index (χ0) is 76.4. The number of ether oxygens (including phenoxy) is 4. The van der Waals surface area contributed by atoms with Crippen LogP contribution in [0.1, 0.15) is 452 Å². The zero-order valence-electron chi connectivity index (χ0n) is 68.3. The van der Waals surface area contributed by atoms with Crippen molar-refractivity contribution in [1.29, 1.82) is 0 Å². The van der Waals surface area contributed by atoms with E-state index in [1.165, 1.54) is 270 Å². The van der Waals surface area contributed by atoms with Crippen molar-refractivity contribution in [3.63, 3.8) is 0 Å². The number of phosphoric ester groups is 2. The predicted octanol–water partition coefficient (Wildman–Crippen LogP) is 25.8. The van der Waals surface area contributed by atoms with E-state index in [1.807, 2.05) is 0 Å². The molecular weight excluding hydrogens is 1350 g/mol. The van der Waals surface area contributed by atoms with Gasteiger partial charge in [0.1, 0.15) is 19.3 Å². The van der Waals surface area contributed by atoms with Gasteiger partial charge in [-0.25, -0.2) is 9.13 Å². The number of hydrogen-bond acceptors (Lipinski definition) is 15. The average Bonchev–Trinajstić information content (AvgIpc) is 0.915. The summed E-state index contributed by atoms with van der Waals surface area (Å²) in [5.74, 6) is -0.577. The Kier molecular flexibility index (Phi) is 75.0. The second-order valence-electron chi connectivity index (χ2n) is 31.5.